The van der Waals surface area contributed by atoms with Gasteiger partial charge in [0.25, 0.3) is 0 Å². The maximum atomic E-state index is 12.0. The van der Waals surface area contributed by atoms with Crippen molar-refractivity contribution in [3.8, 4) is 0 Å². The third kappa shape index (κ3) is 1.89. The van der Waals surface area contributed by atoms with Crippen LogP contribution in [-0.2, 0) is 22.0 Å². The number of rotatable bonds is 2. The molecular weight excluding hydrogens is 220 g/mol. The van der Waals surface area contributed by atoms with Gasteiger partial charge in [-0.3, -0.25) is 4.79 Å². The topological polar surface area (TPSA) is 69.9 Å². The fourth-order valence-corrected chi connectivity index (χ4v) is 1.59. The van der Waals surface area contributed by atoms with E-state index >= 15 is 0 Å². The Kier molecular flexibility index (Phi) is 2.86. The molecule has 0 saturated carbocycles. The van der Waals surface area contributed by atoms with Crippen LogP contribution in [0.25, 0.3) is 0 Å². The molecule has 0 amide bonds. The van der Waals surface area contributed by atoms with Gasteiger partial charge in [0.15, 0.2) is 11.2 Å². The van der Waals surface area contributed by atoms with E-state index in [1.54, 1.807) is 31.4 Å². The van der Waals surface area contributed by atoms with Crippen LogP contribution in [0, 0.1) is 0 Å². The van der Waals surface area contributed by atoms with E-state index in [0.29, 0.717) is 5.82 Å². The van der Waals surface area contributed by atoms with Crippen molar-refractivity contribution in [3.63, 3.8) is 0 Å². The monoisotopic (exact) mass is 232 g/mol. The SMILES string of the molecule is COC(=O)C1(c2nnn(C)n2)C=CC=CC=C1. The van der Waals surface area contributed by atoms with Crippen molar-refractivity contribution in [2.45, 2.75) is 5.41 Å². The Morgan fingerprint density at radius 3 is 2.41 bits per heavy atom. The van der Waals surface area contributed by atoms with Gasteiger partial charge < -0.3 is 4.74 Å². The molecule has 1 heterocycles. The number of allylic oxidation sites excluding steroid dienone is 4. The molecule has 1 aromatic rings. The maximum Gasteiger partial charge on any atom is 0.327 e. The molecule has 0 bridgehead atoms. The lowest BCUT2D eigenvalue weighted by atomic mass is 9.86. The van der Waals surface area contributed by atoms with Gasteiger partial charge in [-0.2, -0.15) is 4.80 Å². The molecule has 0 unspecified atom stereocenters. The summed E-state index contributed by atoms with van der Waals surface area (Å²) in [6, 6.07) is 0. The summed E-state index contributed by atoms with van der Waals surface area (Å²) in [4.78, 5) is 13.3. The summed E-state index contributed by atoms with van der Waals surface area (Å²) in [6.07, 6.45) is 10.5. The Morgan fingerprint density at radius 2 is 1.94 bits per heavy atom. The summed E-state index contributed by atoms with van der Waals surface area (Å²) < 4.78 is 4.83. The predicted octanol–water partition coefficient (Wildman–Crippen LogP) is 0.303. The van der Waals surface area contributed by atoms with E-state index in [0.717, 1.165) is 0 Å². The first kappa shape index (κ1) is 11.3. The van der Waals surface area contributed by atoms with Gasteiger partial charge in [-0.1, -0.05) is 36.5 Å². The molecule has 88 valence electrons. The van der Waals surface area contributed by atoms with Gasteiger partial charge in [0.05, 0.1) is 14.2 Å². The number of carbonyl (C=O) groups excluding carboxylic acids is 1. The highest BCUT2D eigenvalue weighted by molar-refractivity contribution is 5.87. The van der Waals surface area contributed by atoms with Crippen LogP contribution in [0.2, 0.25) is 0 Å². The number of aryl methyl sites for hydroxylation is 1. The number of hydrogen-bond donors (Lipinski definition) is 0. The van der Waals surface area contributed by atoms with E-state index in [9.17, 15) is 4.79 Å². The smallest absolute Gasteiger partial charge is 0.327 e. The van der Waals surface area contributed by atoms with E-state index in [-0.39, 0.29) is 0 Å². The van der Waals surface area contributed by atoms with Crippen LogP contribution in [0.15, 0.2) is 36.5 Å². The lowest BCUT2D eigenvalue weighted by Gasteiger charge is -2.19. The molecule has 2 rings (SSSR count). The average molecular weight is 232 g/mol. The van der Waals surface area contributed by atoms with E-state index in [1.165, 1.54) is 11.9 Å². The molecule has 17 heavy (non-hydrogen) atoms. The van der Waals surface area contributed by atoms with Crippen molar-refractivity contribution in [2.24, 2.45) is 7.05 Å². The van der Waals surface area contributed by atoms with Crippen molar-refractivity contribution in [1.82, 2.24) is 20.2 Å². The van der Waals surface area contributed by atoms with Gasteiger partial charge in [-0.15, -0.1) is 10.2 Å². The molecule has 6 nitrogen and oxygen atoms in total. The third-order valence-corrected chi connectivity index (χ3v) is 2.45. The van der Waals surface area contributed by atoms with Crippen LogP contribution < -0.4 is 0 Å². The lowest BCUT2D eigenvalue weighted by Crippen LogP contribution is -2.34. The van der Waals surface area contributed by atoms with Crippen molar-refractivity contribution in [3.05, 3.63) is 42.3 Å². The van der Waals surface area contributed by atoms with Crippen LogP contribution in [0.3, 0.4) is 0 Å². The molecule has 0 atom stereocenters. The Bertz CT molecular complexity index is 497. The molecule has 1 aliphatic carbocycles. The maximum absolute atomic E-state index is 12.0. The van der Waals surface area contributed by atoms with Crippen LogP contribution in [-0.4, -0.2) is 33.3 Å². The number of nitrogens with zero attached hydrogens (tertiary/aromatic N) is 4. The van der Waals surface area contributed by atoms with Crippen LogP contribution in [0.4, 0.5) is 0 Å². The van der Waals surface area contributed by atoms with Crippen molar-refractivity contribution in [2.75, 3.05) is 7.11 Å². The first-order valence-corrected chi connectivity index (χ1v) is 5.05. The summed E-state index contributed by atoms with van der Waals surface area (Å²) in [5, 5.41) is 11.7. The number of carbonyl (C=O) groups is 1. The fourth-order valence-electron chi connectivity index (χ4n) is 1.59. The van der Waals surface area contributed by atoms with Gasteiger partial charge in [0.1, 0.15) is 0 Å². The minimum Gasteiger partial charge on any atom is -0.468 e. The summed E-state index contributed by atoms with van der Waals surface area (Å²) in [5.74, 6) is -0.148. The van der Waals surface area contributed by atoms with Crippen molar-refractivity contribution in [1.29, 1.82) is 0 Å². The van der Waals surface area contributed by atoms with E-state index < -0.39 is 11.4 Å². The highest BCUT2D eigenvalue weighted by Gasteiger charge is 2.41. The van der Waals surface area contributed by atoms with Gasteiger partial charge in [-0.25, -0.2) is 0 Å². The second-order valence-electron chi connectivity index (χ2n) is 3.57. The number of hydrogen-bond acceptors (Lipinski definition) is 5. The molecule has 0 saturated heterocycles. The number of aromatic nitrogens is 4. The molecule has 0 spiro atoms. The Hall–Kier alpha value is -2.24. The highest BCUT2D eigenvalue weighted by Crippen LogP contribution is 2.27. The molecule has 1 aromatic heterocycles. The predicted molar refractivity (Wildman–Crippen MR) is 59.9 cm³/mol. The Labute approximate surface area is 98.3 Å². The molecular formula is C11H12N4O2. The second kappa shape index (κ2) is 4.32. The molecule has 0 radical (unpaired) electrons. The molecule has 0 aliphatic heterocycles. The normalized spacial score (nSPS) is 16.8. The second-order valence-corrected chi connectivity index (χ2v) is 3.57. The van der Waals surface area contributed by atoms with Gasteiger partial charge in [0.2, 0.25) is 0 Å². The zero-order valence-corrected chi connectivity index (χ0v) is 9.57. The number of ether oxygens (including phenoxy) is 1. The highest BCUT2D eigenvalue weighted by atomic mass is 16.5. The standard InChI is InChI=1S/C11H12N4O2/c1-15-13-9(12-14-15)11(10(16)17-2)7-5-3-4-6-8-11/h3-8H,1-2H3. The summed E-state index contributed by atoms with van der Waals surface area (Å²) >= 11 is 0. The van der Waals surface area contributed by atoms with E-state index in [2.05, 4.69) is 15.4 Å². The zero-order chi connectivity index (χ0) is 12.3. The Balaban J connectivity index is 2.55. The van der Waals surface area contributed by atoms with Crippen molar-refractivity contribution >= 4 is 5.97 Å². The minimum absolute atomic E-state index is 0.294. The molecule has 0 aromatic carbocycles. The first-order chi connectivity index (χ1) is 8.19. The Morgan fingerprint density at radius 1 is 1.29 bits per heavy atom. The van der Waals surface area contributed by atoms with Gasteiger partial charge in [0, 0.05) is 0 Å². The molecule has 6 heteroatoms. The largest absolute Gasteiger partial charge is 0.468 e. The number of methoxy groups -OCH3 is 1. The first-order valence-electron chi connectivity index (χ1n) is 5.05. The summed E-state index contributed by atoms with van der Waals surface area (Å²) in [6.45, 7) is 0. The van der Waals surface area contributed by atoms with E-state index in [1.807, 2.05) is 12.2 Å². The van der Waals surface area contributed by atoms with Crippen LogP contribution >= 0.6 is 0 Å². The number of esters is 1. The van der Waals surface area contributed by atoms with Gasteiger partial charge >= 0.3 is 5.97 Å². The van der Waals surface area contributed by atoms with Crippen molar-refractivity contribution < 1.29 is 9.53 Å². The van der Waals surface area contributed by atoms with E-state index in [4.69, 9.17) is 4.74 Å². The lowest BCUT2D eigenvalue weighted by molar-refractivity contribution is -0.144. The van der Waals surface area contributed by atoms with Crippen LogP contribution in [0.1, 0.15) is 5.82 Å². The average Bonchev–Trinajstić information content (AvgIpc) is 2.64. The zero-order valence-electron chi connectivity index (χ0n) is 9.57. The van der Waals surface area contributed by atoms with Gasteiger partial charge in [-0.05, 0) is 5.21 Å². The molecule has 1 aliphatic rings. The minimum atomic E-state index is -1.10. The summed E-state index contributed by atoms with van der Waals surface area (Å²) in [7, 11) is 2.98. The molecule has 0 N–H and O–H groups in total. The summed E-state index contributed by atoms with van der Waals surface area (Å²) in [5.41, 5.74) is -1.10. The van der Waals surface area contributed by atoms with Crippen LogP contribution in [0.5, 0.6) is 0 Å². The third-order valence-electron chi connectivity index (χ3n) is 2.45. The fraction of sp³-hybridized carbons (Fsp3) is 0.273. The number of tetrazole rings is 1. The quantitative estimate of drug-likeness (QED) is 0.686. The molecule has 0 fully saturated rings.